The van der Waals surface area contributed by atoms with Gasteiger partial charge >= 0.3 is 12.2 Å². The van der Waals surface area contributed by atoms with E-state index in [2.05, 4.69) is 9.88 Å². The molecule has 10 heteroatoms. The summed E-state index contributed by atoms with van der Waals surface area (Å²) in [5.41, 5.74) is 2.47. The minimum atomic E-state index is -4.38. The summed E-state index contributed by atoms with van der Waals surface area (Å²) in [5, 5.41) is 0.793. The van der Waals surface area contributed by atoms with Crippen molar-refractivity contribution in [2.75, 3.05) is 52.0 Å². The summed E-state index contributed by atoms with van der Waals surface area (Å²) in [5.74, 6) is 2.01. The zero-order valence-electron chi connectivity index (χ0n) is 21.6. The van der Waals surface area contributed by atoms with Crippen molar-refractivity contribution >= 4 is 16.7 Å². The lowest BCUT2D eigenvalue weighted by atomic mass is 10.0. The molecule has 0 amide bonds. The maximum absolute atomic E-state index is 13.0. The molecule has 1 aromatic heterocycles. The normalized spacial score (nSPS) is 13.9. The van der Waals surface area contributed by atoms with Gasteiger partial charge in [0.1, 0.15) is 5.82 Å². The van der Waals surface area contributed by atoms with Crippen molar-refractivity contribution in [3.63, 3.8) is 0 Å². The van der Waals surface area contributed by atoms with Crippen LogP contribution in [0.4, 0.5) is 19.0 Å². The zero-order valence-corrected chi connectivity index (χ0v) is 21.6. The van der Waals surface area contributed by atoms with Crippen LogP contribution in [0, 0.1) is 0 Å². The molecular weight excluding hydrogens is 511 g/mol. The molecular formula is C29H28F3N3O4. The molecule has 0 N–H and O–H groups in total. The Balaban J connectivity index is 1.42. The molecule has 3 aromatic carbocycles. The number of hydrogen-bond acceptors (Lipinski definition) is 7. The van der Waals surface area contributed by atoms with Crippen molar-refractivity contribution in [2.24, 2.45) is 0 Å². The van der Waals surface area contributed by atoms with Gasteiger partial charge < -0.3 is 23.8 Å². The minimum Gasteiger partial charge on any atom is -0.493 e. The number of hydrogen-bond donors (Lipinski definition) is 0. The first-order valence-electron chi connectivity index (χ1n) is 12.5. The molecule has 0 saturated carbocycles. The monoisotopic (exact) mass is 539 g/mol. The van der Waals surface area contributed by atoms with Gasteiger partial charge in [-0.3, -0.25) is 0 Å². The topological polar surface area (TPSA) is 65.9 Å². The van der Waals surface area contributed by atoms with Crippen LogP contribution in [0.5, 0.6) is 17.5 Å². The first-order chi connectivity index (χ1) is 18.9. The Labute approximate surface area is 224 Å². The summed E-state index contributed by atoms with van der Waals surface area (Å²) >= 11 is 0. The number of benzene rings is 3. The molecule has 0 bridgehead atoms. The number of alkyl halides is 3. The average molecular weight is 540 g/mol. The largest absolute Gasteiger partial charge is 0.493 e. The Morgan fingerprint density at radius 3 is 2.26 bits per heavy atom. The molecule has 4 aromatic rings. The summed E-state index contributed by atoms with van der Waals surface area (Å²) in [6.07, 6.45) is -3.77. The second-order valence-electron chi connectivity index (χ2n) is 9.02. The van der Waals surface area contributed by atoms with E-state index in [-0.39, 0.29) is 6.01 Å². The summed E-state index contributed by atoms with van der Waals surface area (Å²) in [4.78, 5) is 11.5. The van der Waals surface area contributed by atoms with E-state index in [1.54, 1.807) is 14.2 Å². The molecule has 1 saturated heterocycles. The molecule has 0 radical (unpaired) electrons. The first-order valence-corrected chi connectivity index (χ1v) is 12.5. The number of fused-ring (bicyclic) bond motifs is 1. The third kappa shape index (κ3) is 6.01. The van der Waals surface area contributed by atoms with Gasteiger partial charge in [0.2, 0.25) is 0 Å². The lowest BCUT2D eigenvalue weighted by Gasteiger charge is -2.29. The summed E-state index contributed by atoms with van der Waals surface area (Å²) < 4.78 is 61.2. The van der Waals surface area contributed by atoms with Gasteiger partial charge in [-0.05, 0) is 53.1 Å². The van der Waals surface area contributed by atoms with Crippen LogP contribution in [-0.4, -0.2) is 57.1 Å². The van der Waals surface area contributed by atoms with Gasteiger partial charge in [0, 0.05) is 24.9 Å². The van der Waals surface area contributed by atoms with Crippen LogP contribution in [0.2, 0.25) is 0 Å². The molecule has 5 rings (SSSR count). The second-order valence-corrected chi connectivity index (χ2v) is 9.02. The SMILES string of the molecule is COc1ccc(CCOc2nc(N3CCOCC3)c3cc(-c4ccc(C(F)(F)F)cc4)ccc3n2)cc1OC. The number of anilines is 1. The highest BCUT2D eigenvalue weighted by Crippen LogP contribution is 2.34. The van der Waals surface area contributed by atoms with Crippen LogP contribution < -0.4 is 19.1 Å². The maximum Gasteiger partial charge on any atom is 0.416 e. The van der Waals surface area contributed by atoms with Crippen LogP contribution in [0.25, 0.3) is 22.0 Å². The van der Waals surface area contributed by atoms with Crippen molar-refractivity contribution in [3.05, 3.63) is 71.8 Å². The fourth-order valence-electron chi connectivity index (χ4n) is 4.50. The van der Waals surface area contributed by atoms with E-state index in [0.717, 1.165) is 28.6 Å². The van der Waals surface area contributed by atoms with Gasteiger partial charge in [-0.25, -0.2) is 0 Å². The lowest BCUT2D eigenvalue weighted by molar-refractivity contribution is -0.137. The number of nitrogens with zero attached hydrogens (tertiary/aromatic N) is 3. The smallest absolute Gasteiger partial charge is 0.416 e. The van der Waals surface area contributed by atoms with Crippen LogP contribution in [0.1, 0.15) is 11.1 Å². The van der Waals surface area contributed by atoms with E-state index >= 15 is 0 Å². The predicted octanol–water partition coefficient (Wildman–Crippen LogP) is 5.79. The molecule has 1 aliphatic rings. The first kappa shape index (κ1) is 26.6. The quantitative estimate of drug-likeness (QED) is 0.281. The van der Waals surface area contributed by atoms with Gasteiger partial charge in [-0.15, -0.1) is 0 Å². The molecule has 0 aliphatic carbocycles. The third-order valence-corrected chi connectivity index (χ3v) is 6.58. The van der Waals surface area contributed by atoms with Crippen molar-refractivity contribution in [3.8, 4) is 28.6 Å². The van der Waals surface area contributed by atoms with Crippen LogP contribution in [0.15, 0.2) is 60.7 Å². The summed E-state index contributed by atoms with van der Waals surface area (Å²) in [6.45, 7) is 2.80. The lowest BCUT2D eigenvalue weighted by Crippen LogP contribution is -2.37. The van der Waals surface area contributed by atoms with Crippen molar-refractivity contribution in [1.29, 1.82) is 0 Å². The summed E-state index contributed by atoms with van der Waals surface area (Å²) in [6, 6.07) is 16.7. The summed E-state index contributed by atoms with van der Waals surface area (Å²) in [7, 11) is 3.19. The number of aromatic nitrogens is 2. The van der Waals surface area contributed by atoms with Gasteiger partial charge in [0.05, 0.1) is 45.1 Å². The second kappa shape index (κ2) is 11.4. The minimum absolute atomic E-state index is 0.256. The van der Waals surface area contributed by atoms with E-state index < -0.39 is 11.7 Å². The van der Waals surface area contributed by atoms with Crippen molar-refractivity contribution < 1.29 is 32.1 Å². The van der Waals surface area contributed by atoms with E-state index in [4.69, 9.17) is 23.9 Å². The van der Waals surface area contributed by atoms with Crippen molar-refractivity contribution in [1.82, 2.24) is 9.97 Å². The fraction of sp³-hybridized carbons (Fsp3) is 0.310. The molecule has 2 heterocycles. The van der Waals surface area contributed by atoms with E-state index in [1.807, 2.05) is 36.4 Å². The predicted molar refractivity (Wildman–Crippen MR) is 142 cm³/mol. The third-order valence-electron chi connectivity index (χ3n) is 6.58. The number of halogens is 3. The molecule has 7 nitrogen and oxygen atoms in total. The molecule has 39 heavy (non-hydrogen) atoms. The standard InChI is InChI=1S/C29H28F3N3O4/c1-36-25-10-3-19(17-26(25)37-2)11-14-39-28-33-24-9-6-21(20-4-7-22(8-5-20)29(30,31)32)18-23(24)27(34-28)35-12-15-38-16-13-35/h3-10,17-18H,11-16H2,1-2H3. The Kier molecular flexibility index (Phi) is 7.74. The number of ether oxygens (including phenoxy) is 4. The molecule has 1 fully saturated rings. The Morgan fingerprint density at radius 2 is 1.56 bits per heavy atom. The molecule has 0 spiro atoms. The van der Waals surface area contributed by atoms with Gasteiger partial charge in [-0.1, -0.05) is 24.3 Å². The van der Waals surface area contributed by atoms with E-state index in [9.17, 15) is 13.2 Å². The molecule has 1 aliphatic heterocycles. The zero-order chi connectivity index (χ0) is 27.4. The highest BCUT2D eigenvalue weighted by molar-refractivity contribution is 5.93. The number of rotatable bonds is 8. The fourth-order valence-corrected chi connectivity index (χ4v) is 4.50. The van der Waals surface area contributed by atoms with Gasteiger partial charge in [-0.2, -0.15) is 23.1 Å². The maximum atomic E-state index is 13.0. The van der Waals surface area contributed by atoms with E-state index in [0.29, 0.717) is 67.7 Å². The van der Waals surface area contributed by atoms with Crippen LogP contribution >= 0.6 is 0 Å². The van der Waals surface area contributed by atoms with Gasteiger partial charge in [0.25, 0.3) is 0 Å². The van der Waals surface area contributed by atoms with Crippen molar-refractivity contribution in [2.45, 2.75) is 12.6 Å². The Hall–Kier alpha value is -4.05. The Bertz CT molecular complexity index is 1440. The molecule has 0 atom stereocenters. The number of methoxy groups -OCH3 is 2. The number of morpholine rings is 1. The van der Waals surface area contributed by atoms with E-state index in [1.165, 1.54) is 12.1 Å². The highest BCUT2D eigenvalue weighted by Gasteiger charge is 2.30. The molecule has 204 valence electrons. The van der Waals surface area contributed by atoms with Crippen LogP contribution in [0.3, 0.4) is 0 Å². The average Bonchev–Trinajstić information content (AvgIpc) is 2.96. The molecule has 0 unspecified atom stereocenters. The highest BCUT2D eigenvalue weighted by atomic mass is 19.4. The van der Waals surface area contributed by atoms with Gasteiger partial charge in [0.15, 0.2) is 11.5 Å². The van der Waals surface area contributed by atoms with Crippen LogP contribution in [-0.2, 0) is 17.3 Å². The Morgan fingerprint density at radius 1 is 0.846 bits per heavy atom.